The molecule has 0 fully saturated rings. The van der Waals surface area contributed by atoms with Gasteiger partial charge in [-0.15, -0.1) is 0 Å². The fraction of sp³-hybridized carbons (Fsp3) is 0.375. The number of carbonyl (C=O) groups is 1. The summed E-state index contributed by atoms with van der Waals surface area (Å²) in [4.78, 5) is 37.6. The van der Waals surface area contributed by atoms with Crippen LogP contribution < -0.4 is 11.5 Å². The first kappa shape index (κ1) is 25.3. The highest BCUT2D eigenvalue weighted by atomic mass is 35.5. The van der Waals surface area contributed by atoms with Crippen LogP contribution in [0.25, 0.3) is 22.3 Å². The summed E-state index contributed by atoms with van der Waals surface area (Å²) < 4.78 is 14.6. The molecule has 0 spiro atoms. The molecule has 4 unspecified atom stereocenters. The third-order valence-electron chi connectivity index (χ3n) is 6.91. The quantitative estimate of drug-likeness (QED) is 0.195. The number of imidazole rings is 2. The van der Waals surface area contributed by atoms with E-state index in [1.165, 1.54) is 0 Å². The number of carbonyl (C=O) groups excluding carboxylic acids is 1. The summed E-state index contributed by atoms with van der Waals surface area (Å²) in [5.41, 5.74) is 13.7. The summed E-state index contributed by atoms with van der Waals surface area (Å²) in [6.07, 6.45) is 10.4. The van der Waals surface area contributed by atoms with Crippen LogP contribution in [-0.4, -0.2) is 58.4 Å². The van der Waals surface area contributed by atoms with Crippen molar-refractivity contribution in [2.75, 3.05) is 24.7 Å². The molecule has 2 aliphatic rings. The lowest BCUT2D eigenvalue weighted by molar-refractivity contribution is 0.0410. The van der Waals surface area contributed by atoms with Gasteiger partial charge in [0.1, 0.15) is 30.1 Å². The van der Waals surface area contributed by atoms with Crippen molar-refractivity contribution in [1.29, 1.82) is 0 Å². The molecule has 0 radical (unpaired) electrons. The van der Waals surface area contributed by atoms with E-state index in [1.807, 2.05) is 40.4 Å². The average molecular weight is 571 g/mol. The molecular formula is C24H24Cl2N10O3. The Morgan fingerprint density at radius 2 is 1.46 bits per heavy atom. The maximum Gasteiger partial charge on any atom is 0.508 e. The number of aryl methyl sites for hydroxylation is 1. The van der Waals surface area contributed by atoms with Gasteiger partial charge in [0.2, 0.25) is 11.9 Å². The minimum atomic E-state index is -0.708. The standard InChI is InChI=1S/C24H24Cl2N10O3/c1-11-30-17-19(26)32-23(28)34-21(17)36(11)15-5-3-13(7-15)9-39-24(37)38-8-12-2-4-14(6-12)35-10-29-16-18(25)31-22(27)33-20(16)35/h2-5,10,12-15H,6-9H2,1H3,(H2,27,31,33)(H2,28,32,34). The van der Waals surface area contributed by atoms with Gasteiger partial charge >= 0.3 is 6.16 Å². The number of hydrogen-bond acceptors (Lipinski definition) is 11. The number of nitrogens with zero attached hydrogens (tertiary/aromatic N) is 8. The molecule has 15 heteroatoms. The molecular weight excluding hydrogens is 547 g/mol. The van der Waals surface area contributed by atoms with Crippen LogP contribution in [0.3, 0.4) is 0 Å². The fourth-order valence-corrected chi connectivity index (χ4v) is 5.58. The van der Waals surface area contributed by atoms with Crippen LogP contribution in [0.15, 0.2) is 30.6 Å². The fourth-order valence-electron chi connectivity index (χ4n) is 5.15. The van der Waals surface area contributed by atoms with E-state index in [2.05, 4.69) is 29.9 Å². The van der Waals surface area contributed by atoms with E-state index in [0.717, 1.165) is 5.82 Å². The highest BCUT2D eigenvalue weighted by Crippen LogP contribution is 2.34. The molecule has 4 heterocycles. The Morgan fingerprint density at radius 1 is 0.872 bits per heavy atom. The molecule has 0 aromatic carbocycles. The largest absolute Gasteiger partial charge is 0.508 e. The molecule has 0 amide bonds. The number of rotatable bonds is 6. The van der Waals surface area contributed by atoms with E-state index < -0.39 is 6.16 Å². The molecule has 4 aromatic heterocycles. The molecule has 4 atom stereocenters. The van der Waals surface area contributed by atoms with Crippen LogP contribution in [0.2, 0.25) is 10.3 Å². The number of hydrogen-bond donors (Lipinski definition) is 2. The van der Waals surface area contributed by atoms with Crippen molar-refractivity contribution in [1.82, 2.24) is 39.0 Å². The number of fused-ring (bicyclic) bond motifs is 2. The van der Waals surface area contributed by atoms with Crippen LogP contribution in [-0.2, 0) is 9.47 Å². The number of nitrogens with two attached hydrogens (primary N) is 2. The lowest BCUT2D eigenvalue weighted by atomic mass is 10.1. The van der Waals surface area contributed by atoms with Crippen molar-refractivity contribution >= 4 is 63.6 Å². The number of anilines is 2. The molecule has 202 valence electrons. The molecule has 39 heavy (non-hydrogen) atoms. The normalized spacial score (nSPS) is 22.3. The first-order valence-corrected chi connectivity index (χ1v) is 13.0. The maximum absolute atomic E-state index is 12.3. The molecule has 0 saturated carbocycles. The molecule has 13 nitrogen and oxygen atoms in total. The van der Waals surface area contributed by atoms with Gasteiger partial charge in [0, 0.05) is 11.8 Å². The third kappa shape index (κ3) is 4.83. The number of aromatic nitrogens is 8. The van der Waals surface area contributed by atoms with Gasteiger partial charge in [0.15, 0.2) is 21.6 Å². The minimum absolute atomic E-state index is 0.0144. The highest BCUT2D eigenvalue weighted by molar-refractivity contribution is 6.34. The molecule has 6 rings (SSSR count). The second kappa shape index (κ2) is 9.97. The smallest absolute Gasteiger partial charge is 0.434 e. The topological polar surface area (TPSA) is 175 Å². The van der Waals surface area contributed by atoms with E-state index in [1.54, 1.807) is 6.33 Å². The monoisotopic (exact) mass is 570 g/mol. The van der Waals surface area contributed by atoms with Crippen molar-refractivity contribution < 1.29 is 14.3 Å². The van der Waals surface area contributed by atoms with Crippen LogP contribution >= 0.6 is 23.2 Å². The predicted octanol–water partition coefficient (Wildman–Crippen LogP) is 3.83. The maximum atomic E-state index is 12.3. The Bertz CT molecular complexity index is 1650. The van der Waals surface area contributed by atoms with E-state index in [-0.39, 0.29) is 59.3 Å². The molecule has 0 saturated heterocycles. The van der Waals surface area contributed by atoms with Gasteiger partial charge in [0.25, 0.3) is 0 Å². The van der Waals surface area contributed by atoms with Gasteiger partial charge in [-0.25, -0.2) is 14.8 Å². The van der Waals surface area contributed by atoms with Crippen molar-refractivity contribution in [2.45, 2.75) is 31.8 Å². The Hall–Kier alpha value is -3.97. The second-order valence-electron chi connectivity index (χ2n) is 9.54. The van der Waals surface area contributed by atoms with Gasteiger partial charge in [-0.2, -0.15) is 19.9 Å². The zero-order valence-corrected chi connectivity index (χ0v) is 22.2. The van der Waals surface area contributed by atoms with Crippen LogP contribution in [0.4, 0.5) is 16.7 Å². The van der Waals surface area contributed by atoms with Crippen molar-refractivity contribution in [3.8, 4) is 0 Å². The zero-order chi connectivity index (χ0) is 27.3. The number of allylic oxidation sites excluding steroid dienone is 2. The number of halogens is 2. The predicted molar refractivity (Wildman–Crippen MR) is 144 cm³/mol. The number of ether oxygens (including phenoxy) is 2. The summed E-state index contributed by atoms with van der Waals surface area (Å²) in [5.74, 6) is 0.944. The molecule has 0 aliphatic heterocycles. The van der Waals surface area contributed by atoms with Gasteiger partial charge < -0.3 is 30.1 Å². The van der Waals surface area contributed by atoms with E-state index in [9.17, 15) is 4.79 Å². The lowest BCUT2D eigenvalue weighted by Crippen LogP contribution is -2.18. The van der Waals surface area contributed by atoms with Gasteiger partial charge in [-0.05, 0) is 19.8 Å². The van der Waals surface area contributed by atoms with Crippen LogP contribution in [0, 0.1) is 18.8 Å². The van der Waals surface area contributed by atoms with Crippen molar-refractivity contribution in [3.63, 3.8) is 0 Å². The lowest BCUT2D eigenvalue weighted by Gasteiger charge is -2.16. The Balaban J connectivity index is 0.997. The summed E-state index contributed by atoms with van der Waals surface area (Å²) in [5, 5.41) is 0.426. The minimum Gasteiger partial charge on any atom is -0.434 e. The van der Waals surface area contributed by atoms with Crippen molar-refractivity contribution in [3.05, 3.63) is 46.8 Å². The Labute approximate surface area is 231 Å². The summed E-state index contributed by atoms with van der Waals surface area (Å²) in [7, 11) is 0. The van der Waals surface area contributed by atoms with Gasteiger partial charge in [-0.1, -0.05) is 47.5 Å². The van der Waals surface area contributed by atoms with Crippen molar-refractivity contribution in [2.24, 2.45) is 11.8 Å². The SMILES string of the molecule is Cc1nc2c(Cl)nc(N)nc2n1C1C=CC(COC(=O)OCC2C=CC(n3cnc4c(Cl)nc(N)nc43)C2)C1. The molecule has 2 aliphatic carbocycles. The highest BCUT2D eigenvalue weighted by Gasteiger charge is 2.27. The zero-order valence-electron chi connectivity index (χ0n) is 20.7. The first-order valence-electron chi connectivity index (χ1n) is 12.3. The second-order valence-corrected chi connectivity index (χ2v) is 10.3. The Morgan fingerprint density at radius 3 is 2.15 bits per heavy atom. The van der Waals surface area contributed by atoms with E-state index in [0.29, 0.717) is 35.2 Å². The molecule has 4 aromatic rings. The average Bonchev–Trinajstić information content (AvgIpc) is 3.67. The Kier molecular flexibility index (Phi) is 6.47. The third-order valence-corrected chi connectivity index (χ3v) is 7.43. The van der Waals surface area contributed by atoms with Gasteiger partial charge in [0.05, 0.1) is 18.4 Å². The van der Waals surface area contributed by atoms with Crippen LogP contribution in [0.1, 0.15) is 30.7 Å². The summed E-state index contributed by atoms with van der Waals surface area (Å²) >= 11 is 12.3. The van der Waals surface area contributed by atoms with Crippen LogP contribution in [0.5, 0.6) is 0 Å². The molecule has 0 bridgehead atoms. The molecule has 4 N–H and O–H groups in total. The van der Waals surface area contributed by atoms with E-state index >= 15 is 0 Å². The summed E-state index contributed by atoms with van der Waals surface area (Å²) in [6.45, 7) is 2.27. The van der Waals surface area contributed by atoms with Gasteiger partial charge in [-0.3, -0.25) is 0 Å². The first-order chi connectivity index (χ1) is 18.8. The number of nitrogen functional groups attached to an aromatic ring is 2. The van der Waals surface area contributed by atoms with E-state index in [4.69, 9.17) is 44.1 Å². The summed E-state index contributed by atoms with van der Waals surface area (Å²) in [6, 6.07) is -0.0518.